The SMILES string of the molecule is CCCc1coc(OC(=O)O)cc1=O. The van der Waals surface area contributed by atoms with Crippen LogP contribution in [0.5, 0.6) is 5.95 Å². The first-order chi connectivity index (χ1) is 6.63. The Bertz CT molecular complexity index is 379. The summed E-state index contributed by atoms with van der Waals surface area (Å²) in [5.41, 5.74) is 0.250. The summed E-state index contributed by atoms with van der Waals surface area (Å²) in [4.78, 5) is 21.4. The summed E-state index contributed by atoms with van der Waals surface area (Å²) in [5, 5.41) is 8.25. The van der Waals surface area contributed by atoms with Crippen LogP contribution in [0, 0.1) is 0 Å². The largest absolute Gasteiger partial charge is 0.513 e. The molecule has 76 valence electrons. The minimum absolute atomic E-state index is 0.269. The molecule has 0 aliphatic rings. The zero-order valence-electron chi connectivity index (χ0n) is 7.65. The quantitative estimate of drug-likeness (QED) is 0.747. The van der Waals surface area contributed by atoms with Crippen molar-refractivity contribution in [2.24, 2.45) is 0 Å². The lowest BCUT2D eigenvalue weighted by atomic mass is 10.2. The van der Waals surface area contributed by atoms with Crippen LogP contribution in [0.4, 0.5) is 4.79 Å². The molecule has 1 aromatic rings. The van der Waals surface area contributed by atoms with Crippen molar-refractivity contribution >= 4 is 6.16 Å². The highest BCUT2D eigenvalue weighted by atomic mass is 16.7. The first-order valence-corrected chi connectivity index (χ1v) is 4.16. The zero-order chi connectivity index (χ0) is 10.6. The second-order valence-corrected chi connectivity index (χ2v) is 2.71. The van der Waals surface area contributed by atoms with Crippen molar-refractivity contribution in [3.05, 3.63) is 28.1 Å². The van der Waals surface area contributed by atoms with Crippen molar-refractivity contribution in [1.82, 2.24) is 0 Å². The molecular formula is C9H10O5. The van der Waals surface area contributed by atoms with Crippen LogP contribution in [-0.4, -0.2) is 11.3 Å². The molecule has 1 heterocycles. The topological polar surface area (TPSA) is 76.7 Å². The van der Waals surface area contributed by atoms with Crippen molar-refractivity contribution in [3.8, 4) is 5.95 Å². The molecule has 5 heteroatoms. The van der Waals surface area contributed by atoms with Crippen molar-refractivity contribution < 1.29 is 19.1 Å². The smallest absolute Gasteiger partial charge is 0.449 e. The fourth-order valence-electron chi connectivity index (χ4n) is 1.01. The van der Waals surface area contributed by atoms with Crippen molar-refractivity contribution in [1.29, 1.82) is 0 Å². The van der Waals surface area contributed by atoms with Crippen LogP contribution in [-0.2, 0) is 6.42 Å². The van der Waals surface area contributed by atoms with E-state index in [1.807, 2.05) is 6.92 Å². The summed E-state index contributed by atoms with van der Waals surface area (Å²) >= 11 is 0. The Balaban J connectivity index is 2.89. The van der Waals surface area contributed by atoms with Crippen LogP contribution < -0.4 is 10.2 Å². The Morgan fingerprint density at radius 3 is 2.86 bits per heavy atom. The number of aryl methyl sites for hydroxylation is 1. The predicted octanol–water partition coefficient (Wildman–Crippen LogP) is 1.65. The number of hydrogen-bond acceptors (Lipinski definition) is 4. The van der Waals surface area contributed by atoms with Gasteiger partial charge in [0.2, 0.25) is 0 Å². The van der Waals surface area contributed by atoms with Gasteiger partial charge in [0.05, 0.1) is 6.07 Å². The number of carboxylic acid groups (broad SMARTS) is 1. The van der Waals surface area contributed by atoms with E-state index in [9.17, 15) is 9.59 Å². The van der Waals surface area contributed by atoms with E-state index in [-0.39, 0.29) is 11.4 Å². The molecule has 0 spiro atoms. The van der Waals surface area contributed by atoms with Gasteiger partial charge >= 0.3 is 6.16 Å². The van der Waals surface area contributed by atoms with E-state index in [1.54, 1.807) is 0 Å². The van der Waals surface area contributed by atoms with Crippen molar-refractivity contribution in [2.75, 3.05) is 0 Å². The molecule has 1 rings (SSSR count). The molecule has 0 aromatic carbocycles. The van der Waals surface area contributed by atoms with Gasteiger partial charge in [-0.2, -0.15) is 0 Å². The van der Waals surface area contributed by atoms with Gasteiger partial charge in [-0.25, -0.2) is 4.79 Å². The minimum atomic E-state index is -1.50. The summed E-state index contributed by atoms with van der Waals surface area (Å²) < 4.78 is 8.98. The second-order valence-electron chi connectivity index (χ2n) is 2.71. The number of rotatable bonds is 3. The van der Waals surface area contributed by atoms with Crippen LogP contribution in [0.1, 0.15) is 18.9 Å². The van der Waals surface area contributed by atoms with Crippen molar-refractivity contribution in [2.45, 2.75) is 19.8 Å². The second kappa shape index (κ2) is 4.45. The number of carbonyl (C=O) groups is 1. The summed E-state index contributed by atoms with van der Waals surface area (Å²) in [6.07, 6.45) is 1.15. The molecule has 5 nitrogen and oxygen atoms in total. The van der Waals surface area contributed by atoms with Gasteiger partial charge in [-0.05, 0) is 6.42 Å². The molecule has 0 fully saturated rings. The molecule has 14 heavy (non-hydrogen) atoms. The van der Waals surface area contributed by atoms with Gasteiger partial charge in [0.1, 0.15) is 6.26 Å². The summed E-state index contributed by atoms with van der Waals surface area (Å²) in [7, 11) is 0. The van der Waals surface area contributed by atoms with Crippen LogP contribution in [0.25, 0.3) is 0 Å². The lowest BCUT2D eigenvalue weighted by Crippen LogP contribution is -2.10. The molecule has 0 radical (unpaired) electrons. The molecular weight excluding hydrogens is 188 g/mol. The van der Waals surface area contributed by atoms with E-state index in [1.165, 1.54) is 6.26 Å². The Hall–Kier alpha value is -1.78. The minimum Gasteiger partial charge on any atom is -0.449 e. The fourth-order valence-corrected chi connectivity index (χ4v) is 1.01. The Morgan fingerprint density at radius 1 is 1.64 bits per heavy atom. The predicted molar refractivity (Wildman–Crippen MR) is 47.6 cm³/mol. The summed E-state index contributed by atoms with van der Waals surface area (Å²) in [5.74, 6) is -0.303. The number of ether oxygens (including phenoxy) is 1. The Morgan fingerprint density at radius 2 is 2.36 bits per heavy atom. The molecule has 1 N–H and O–H groups in total. The van der Waals surface area contributed by atoms with E-state index in [0.717, 1.165) is 12.5 Å². The van der Waals surface area contributed by atoms with Gasteiger partial charge in [0.15, 0.2) is 5.43 Å². The van der Waals surface area contributed by atoms with Gasteiger partial charge in [-0.1, -0.05) is 13.3 Å². The highest BCUT2D eigenvalue weighted by Crippen LogP contribution is 2.08. The standard InChI is InChI=1S/C9H10O5/c1-2-3-6-5-13-8(4-7(6)10)14-9(11)12/h4-5H,2-3H2,1H3,(H,11,12). The molecule has 0 atom stereocenters. The van der Waals surface area contributed by atoms with Crippen LogP contribution in [0.2, 0.25) is 0 Å². The van der Waals surface area contributed by atoms with E-state index >= 15 is 0 Å². The third-order valence-electron chi connectivity index (χ3n) is 1.59. The molecule has 0 aliphatic carbocycles. The highest BCUT2D eigenvalue weighted by Gasteiger charge is 2.06. The van der Waals surface area contributed by atoms with Gasteiger partial charge in [0, 0.05) is 5.56 Å². The van der Waals surface area contributed by atoms with E-state index in [2.05, 4.69) is 4.74 Å². The lowest BCUT2D eigenvalue weighted by molar-refractivity contribution is 0.131. The van der Waals surface area contributed by atoms with Gasteiger partial charge < -0.3 is 14.3 Å². The molecule has 0 aliphatic heterocycles. The molecule has 1 aromatic heterocycles. The van der Waals surface area contributed by atoms with E-state index in [0.29, 0.717) is 12.0 Å². The monoisotopic (exact) mass is 198 g/mol. The first kappa shape index (κ1) is 10.3. The summed E-state index contributed by atoms with van der Waals surface area (Å²) in [6.45, 7) is 1.93. The van der Waals surface area contributed by atoms with Gasteiger partial charge in [-0.3, -0.25) is 4.79 Å². The Labute approximate surface area is 79.9 Å². The Kier molecular flexibility index (Phi) is 3.28. The lowest BCUT2D eigenvalue weighted by Gasteiger charge is -1.99. The number of hydrogen-bond donors (Lipinski definition) is 1. The van der Waals surface area contributed by atoms with Crippen molar-refractivity contribution in [3.63, 3.8) is 0 Å². The van der Waals surface area contributed by atoms with E-state index < -0.39 is 6.16 Å². The maximum Gasteiger partial charge on any atom is 0.513 e. The molecule has 0 amide bonds. The zero-order valence-corrected chi connectivity index (χ0v) is 7.65. The fraction of sp³-hybridized carbons (Fsp3) is 0.333. The van der Waals surface area contributed by atoms with Gasteiger partial charge in [0.25, 0.3) is 5.95 Å². The first-order valence-electron chi connectivity index (χ1n) is 4.16. The van der Waals surface area contributed by atoms with Crippen LogP contribution >= 0.6 is 0 Å². The molecule has 0 unspecified atom stereocenters. The average molecular weight is 198 g/mol. The van der Waals surface area contributed by atoms with Crippen LogP contribution in [0.3, 0.4) is 0 Å². The maximum absolute atomic E-state index is 11.3. The normalized spacial score (nSPS) is 9.79. The third-order valence-corrected chi connectivity index (χ3v) is 1.59. The molecule has 0 bridgehead atoms. The molecule has 0 saturated heterocycles. The molecule has 0 saturated carbocycles. The summed E-state index contributed by atoms with van der Waals surface area (Å²) in [6, 6.07) is 1.03. The third kappa shape index (κ3) is 2.62. The van der Waals surface area contributed by atoms with E-state index in [4.69, 9.17) is 9.52 Å². The van der Waals surface area contributed by atoms with Gasteiger partial charge in [-0.15, -0.1) is 0 Å². The maximum atomic E-state index is 11.3. The average Bonchev–Trinajstić information content (AvgIpc) is 2.09. The van der Waals surface area contributed by atoms with Crippen LogP contribution in [0.15, 0.2) is 21.5 Å². The highest BCUT2D eigenvalue weighted by molar-refractivity contribution is 5.59.